The number of nitrogen functional groups attached to an aromatic ring is 1. The molecule has 3 rings (SSSR count). The topological polar surface area (TPSA) is 76.7 Å². The first-order chi connectivity index (χ1) is 13.5. The van der Waals surface area contributed by atoms with Gasteiger partial charge in [0.05, 0.1) is 11.8 Å². The van der Waals surface area contributed by atoms with Crippen LogP contribution in [-0.2, 0) is 6.61 Å². The minimum atomic E-state index is -0.388. The summed E-state index contributed by atoms with van der Waals surface area (Å²) in [6.45, 7) is 0.272. The largest absolute Gasteiger partial charge is 0.488 e. The number of carbonyl (C=O) groups excluding carboxylic acids is 1. The molecule has 3 aromatic rings. The Morgan fingerprint density at radius 1 is 1.07 bits per heavy atom. The van der Waals surface area contributed by atoms with Crippen LogP contribution in [-0.4, -0.2) is 12.1 Å². The number of benzene rings is 3. The number of ether oxygens (including phenoxy) is 1. The number of hydrogen-bond donors (Lipinski definition) is 2. The highest BCUT2D eigenvalue weighted by atomic mass is 35.5. The number of nitrogens with zero attached hydrogens (tertiary/aromatic N) is 1. The third kappa shape index (κ3) is 5.03. The second-order valence-electron chi connectivity index (χ2n) is 5.85. The first-order valence-electron chi connectivity index (χ1n) is 8.38. The summed E-state index contributed by atoms with van der Waals surface area (Å²) in [5.41, 5.74) is 10.5. The summed E-state index contributed by atoms with van der Waals surface area (Å²) < 4.78 is 5.85. The molecule has 0 aliphatic carbocycles. The fourth-order valence-electron chi connectivity index (χ4n) is 2.44. The van der Waals surface area contributed by atoms with Crippen LogP contribution in [0.15, 0.2) is 71.8 Å². The number of hydrazone groups is 1. The van der Waals surface area contributed by atoms with Crippen LogP contribution in [0.4, 0.5) is 5.69 Å². The van der Waals surface area contributed by atoms with Gasteiger partial charge in [0, 0.05) is 26.9 Å². The first-order valence-corrected chi connectivity index (χ1v) is 9.14. The lowest BCUT2D eigenvalue weighted by Gasteiger charge is -2.10. The Bertz CT molecular complexity index is 1020. The molecule has 0 saturated carbocycles. The summed E-state index contributed by atoms with van der Waals surface area (Å²) in [4.78, 5) is 12.2. The Labute approximate surface area is 172 Å². The van der Waals surface area contributed by atoms with E-state index < -0.39 is 0 Å². The number of para-hydroxylation sites is 2. The average Bonchev–Trinajstić information content (AvgIpc) is 2.68. The van der Waals surface area contributed by atoms with Gasteiger partial charge < -0.3 is 10.5 Å². The molecule has 0 aliphatic rings. The summed E-state index contributed by atoms with van der Waals surface area (Å²) in [6.07, 6.45) is 1.51. The smallest absolute Gasteiger partial charge is 0.273 e. The Balaban J connectivity index is 1.67. The summed E-state index contributed by atoms with van der Waals surface area (Å²) in [6, 6.07) is 19.3. The van der Waals surface area contributed by atoms with E-state index in [0.717, 1.165) is 5.56 Å². The molecule has 0 atom stereocenters. The molecular weight excluding hydrogens is 397 g/mol. The van der Waals surface area contributed by atoms with E-state index in [2.05, 4.69) is 10.5 Å². The highest BCUT2D eigenvalue weighted by Crippen LogP contribution is 2.24. The van der Waals surface area contributed by atoms with Crippen LogP contribution in [0, 0.1) is 0 Å². The normalized spacial score (nSPS) is 10.8. The molecule has 7 heteroatoms. The van der Waals surface area contributed by atoms with Gasteiger partial charge in [-0.05, 0) is 36.4 Å². The van der Waals surface area contributed by atoms with E-state index in [-0.39, 0.29) is 12.5 Å². The molecular formula is C21H17Cl2N3O2. The van der Waals surface area contributed by atoms with E-state index in [1.807, 2.05) is 30.3 Å². The van der Waals surface area contributed by atoms with Crippen molar-refractivity contribution in [2.24, 2.45) is 5.10 Å². The number of amides is 1. The fourth-order valence-corrected chi connectivity index (χ4v) is 2.90. The Kier molecular flexibility index (Phi) is 6.53. The molecule has 0 aromatic heterocycles. The zero-order valence-corrected chi connectivity index (χ0v) is 16.2. The zero-order chi connectivity index (χ0) is 19.9. The van der Waals surface area contributed by atoms with Crippen LogP contribution in [0.1, 0.15) is 21.5 Å². The van der Waals surface area contributed by atoms with Crippen LogP contribution in [0.5, 0.6) is 5.75 Å². The number of nitrogens with one attached hydrogen (secondary N) is 1. The first kappa shape index (κ1) is 19.7. The number of nitrogens with two attached hydrogens (primary N) is 1. The van der Waals surface area contributed by atoms with Crippen molar-refractivity contribution in [1.29, 1.82) is 0 Å². The molecule has 0 aliphatic heterocycles. The van der Waals surface area contributed by atoms with Crippen molar-refractivity contribution in [2.45, 2.75) is 6.61 Å². The number of rotatable bonds is 6. The molecule has 1 amide bonds. The summed E-state index contributed by atoms with van der Waals surface area (Å²) in [7, 11) is 0. The van der Waals surface area contributed by atoms with E-state index in [9.17, 15) is 4.79 Å². The van der Waals surface area contributed by atoms with E-state index >= 15 is 0 Å². The molecule has 0 radical (unpaired) electrons. The number of carbonyl (C=O) groups is 1. The van der Waals surface area contributed by atoms with Crippen LogP contribution >= 0.6 is 23.2 Å². The lowest BCUT2D eigenvalue weighted by Crippen LogP contribution is -2.19. The van der Waals surface area contributed by atoms with E-state index in [0.29, 0.717) is 32.6 Å². The van der Waals surface area contributed by atoms with Crippen LogP contribution in [0.2, 0.25) is 10.0 Å². The minimum Gasteiger partial charge on any atom is -0.488 e. The zero-order valence-electron chi connectivity index (χ0n) is 14.7. The molecule has 0 spiro atoms. The lowest BCUT2D eigenvalue weighted by atomic mass is 10.2. The van der Waals surface area contributed by atoms with E-state index in [1.54, 1.807) is 36.4 Å². The Morgan fingerprint density at radius 2 is 1.82 bits per heavy atom. The van der Waals surface area contributed by atoms with Gasteiger partial charge in [0.15, 0.2) is 0 Å². The number of halogens is 2. The standard InChI is InChI=1S/C21H17Cl2N3O2/c22-16-10-9-15(18(23)11-16)13-28-20-8-4-1-5-14(20)12-25-26-21(27)17-6-2-3-7-19(17)24/h1-12H,13,24H2,(H,26,27)/b25-12-. The van der Waals surface area contributed by atoms with Crippen molar-refractivity contribution < 1.29 is 9.53 Å². The molecule has 28 heavy (non-hydrogen) atoms. The quantitative estimate of drug-likeness (QED) is 0.342. The molecule has 0 saturated heterocycles. The predicted octanol–water partition coefficient (Wildman–Crippen LogP) is 4.92. The maximum atomic E-state index is 12.2. The van der Waals surface area contributed by atoms with E-state index in [4.69, 9.17) is 33.7 Å². The maximum absolute atomic E-state index is 12.2. The van der Waals surface area contributed by atoms with Crippen molar-refractivity contribution in [2.75, 3.05) is 5.73 Å². The van der Waals surface area contributed by atoms with Gasteiger partial charge in [0.2, 0.25) is 0 Å². The molecule has 0 bridgehead atoms. The Morgan fingerprint density at radius 3 is 2.61 bits per heavy atom. The SMILES string of the molecule is Nc1ccccc1C(=O)N/N=C\c1ccccc1OCc1ccc(Cl)cc1Cl. The lowest BCUT2D eigenvalue weighted by molar-refractivity contribution is 0.0956. The van der Waals surface area contributed by atoms with E-state index in [1.165, 1.54) is 6.21 Å². The van der Waals surface area contributed by atoms with Gasteiger partial charge in [-0.3, -0.25) is 4.79 Å². The number of hydrogen-bond acceptors (Lipinski definition) is 4. The van der Waals surface area contributed by atoms with Crippen LogP contribution in [0.3, 0.4) is 0 Å². The van der Waals surface area contributed by atoms with Gasteiger partial charge in [-0.2, -0.15) is 5.10 Å². The highest BCUT2D eigenvalue weighted by molar-refractivity contribution is 6.35. The second-order valence-corrected chi connectivity index (χ2v) is 6.69. The van der Waals surface area contributed by atoms with Gasteiger partial charge in [-0.1, -0.05) is 53.5 Å². The monoisotopic (exact) mass is 413 g/mol. The predicted molar refractivity (Wildman–Crippen MR) is 113 cm³/mol. The molecule has 0 fully saturated rings. The van der Waals surface area contributed by atoms with Crippen LogP contribution in [0.25, 0.3) is 0 Å². The molecule has 3 N–H and O–H groups in total. The van der Waals surface area contributed by atoms with Gasteiger partial charge in [-0.15, -0.1) is 0 Å². The molecule has 5 nitrogen and oxygen atoms in total. The third-order valence-electron chi connectivity index (χ3n) is 3.89. The molecule has 0 heterocycles. The van der Waals surface area contributed by atoms with Crippen LogP contribution < -0.4 is 15.9 Å². The van der Waals surface area contributed by atoms with Crippen molar-refractivity contribution in [3.8, 4) is 5.75 Å². The van der Waals surface area contributed by atoms with Crippen molar-refractivity contribution >= 4 is 41.0 Å². The van der Waals surface area contributed by atoms with Crippen molar-refractivity contribution in [1.82, 2.24) is 5.43 Å². The molecule has 0 unspecified atom stereocenters. The van der Waals surface area contributed by atoms with Gasteiger partial charge in [-0.25, -0.2) is 5.43 Å². The Hall–Kier alpha value is -3.02. The van der Waals surface area contributed by atoms with Crippen molar-refractivity contribution in [3.05, 3.63) is 93.5 Å². The highest BCUT2D eigenvalue weighted by Gasteiger charge is 2.08. The summed E-state index contributed by atoms with van der Waals surface area (Å²) in [5.74, 6) is 0.214. The minimum absolute atomic E-state index is 0.272. The third-order valence-corrected chi connectivity index (χ3v) is 4.48. The van der Waals surface area contributed by atoms with Gasteiger partial charge in [0.25, 0.3) is 5.91 Å². The molecule has 3 aromatic carbocycles. The van der Waals surface area contributed by atoms with Crippen molar-refractivity contribution in [3.63, 3.8) is 0 Å². The molecule has 142 valence electrons. The summed E-state index contributed by atoms with van der Waals surface area (Å²) in [5, 5.41) is 5.10. The summed E-state index contributed by atoms with van der Waals surface area (Å²) >= 11 is 12.1. The maximum Gasteiger partial charge on any atom is 0.273 e. The number of anilines is 1. The fraction of sp³-hybridized carbons (Fsp3) is 0.0476. The average molecular weight is 414 g/mol. The van der Waals surface area contributed by atoms with Gasteiger partial charge >= 0.3 is 0 Å². The van der Waals surface area contributed by atoms with Gasteiger partial charge in [0.1, 0.15) is 12.4 Å². The second kappa shape index (κ2) is 9.26.